The summed E-state index contributed by atoms with van der Waals surface area (Å²) in [6, 6.07) is 1.79. The predicted octanol–water partition coefficient (Wildman–Crippen LogP) is 3.01. The third-order valence-corrected chi connectivity index (χ3v) is 3.96. The first kappa shape index (κ1) is 12.6. The quantitative estimate of drug-likeness (QED) is 0.932. The molecule has 3 nitrogen and oxygen atoms in total. The van der Waals surface area contributed by atoms with E-state index in [9.17, 15) is 4.79 Å². The van der Waals surface area contributed by atoms with Crippen molar-refractivity contribution >= 4 is 21.8 Å². The molecule has 1 heterocycles. The number of pyridine rings is 1. The van der Waals surface area contributed by atoms with Crippen LogP contribution in [0.25, 0.3) is 0 Å². The Kier molecular flexibility index (Phi) is 4.15. The highest BCUT2D eigenvalue weighted by molar-refractivity contribution is 9.10. The van der Waals surface area contributed by atoms with Crippen LogP contribution in [0.4, 0.5) is 0 Å². The second-order valence-electron chi connectivity index (χ2n) is 4.77. The second-order valence-corrected chi connectivity index (χ2v) is 5.69. The number of rotatable bonds is 3. The summed E-state index contributed by atoms with van der Waals surface area (Å²) >= 11 is 3.31. The molecule has 0 aromatic carbocycles. The van der Waals surface area contributed by atoms with Crippen LogP contribution in [-0.4, -0.2) is 17.4 Å². The Bertz CT molecular complexity index is 408. The average molecular weight is 297 g/mol. The van der Waals surface area contributed by atoms with Crippen molar-refractivity contribution in [1.82, 2.24) is 10.3 Å². The maximum absolute atomic E-state index is 11.9. The van der Waals surface area contributed by atoms with Gasteiger partial charge >= 0.3 is 0 Å². The number of carbonyl (C=O) groups excluding carboxylic acids is 1. The fourth-order valence-electron chi connectivity index (χ4n) is 2.39. The maximum Gasteiger partial charge on any atom is 0.252 e. The lowest BCUT2D eigenvalue weighted by atomic mass is 9.98. The summed E-state index contributed by atoms with van der Waals surface area (Å²) in [5.41, 5.74) is 0.616. The summed E-state index contributed by atoms with van der Waals surface area (Å²) in [4.78, 5) is 15.9. The number of hydrogen-bond donors (Lipinski definition) is 1. The Morgan fingerprint density at radius 3 is 3.00 bits per heavy atom. The normalized spacial score (nSPS) is 23.6. The second kappa shape index (κ2) is 5.63. The molecule has 0 spiro atoms. The summed E-state index contributed by atoms with van der Waals surface area (Å²) in [5.74, 6) is 1.34. The van der Waals surface area contributed by atoms with Crippen LogP contribution in [0.15, 0.2) is 22.9 Å². The van der Waals surface area contributed by atoms with E-state index in [2.05, 4.69) is 33.2 Å². The van der Waals surface area contributed by atoms with Crippen LogP contribution >= 0.6 is 15.9 Å². The first-order valence-corrected chi connectivity index (χ1v) is 6.85. The van der Waals surface area contributed by atoms with Crippen LogP contribution < -0.4 is 5.32 Å². The van der Waals surface area contributed by atoms with E-state index < -0.39 is 0 Å². The number of nitrogens with zero attached hydrogens (tertiary/aromatic N) is 1. The van der Waals surface area contributed by atoms with Gasteiger partial charge in [0.1, 0.15) is 0 Å². The Morgan fingerprint density at radius 2 is 2.35 bits per heavy atom. The van der Waals surface area contributed by atoms with Crippen molar-refractivity contribution in [2.45, 2.75) is 26.2 Å². The minimum atomic E-state index is -0.0297. The molecule has 1 N–H and O–H groups in total. The molecule has 1 fully saturated rings. The number of hydrogen-bond acceptors (Lipinski definition) is 2. The molecule has 1 aliphatic carbocycles. The fraction of sp³-hybridized carbons (Fsp3) is 0.538. The summed E-state index contributed by atoms with van der Waals surface area (Å²) < 4.78 is 0.833. The molecule has 0 aliphatic heterocycles. The van der Waals surface area contributed by atoms with Gasteiger partial charge in [0.15, 0.2) is 0 Å². The van der Waals surface area contributed by atoms with E-state index in [1.807, 2.05) is 0 Å². The molecular weight excluding hydrogens is 280 g/mol. The number of aromatic nitrogens is 1. The van der Waals surface area contributed by atoms with Gasteiger partial charge in [-0.2, -0.15) is 0 Å². The Hall–Kier alpha value is -0.900. The van der Waals surface area contributed by atoms with Gasteiger partial charge in [-0.25, -0.2) is 0 Å². The number of amides is 1. The lowest BCUT2D eigenvalue weighted by Crippen LogP contribution is -2.30. The van der Waals surface area contributed by atoms with Crippen LogP contribution in [0.2, 0.25) is 0 Å². The molecule has 2 rings (SSSR count). The minimum absolute atomic E-state index is 0.0297. The molecule has 1 aromatic rings. The van der Waals surface area contributed by atoms with Crippen molar-refractivity contribution in [3.05, 3.63) is 28.5 Å². The van der Waals surface area contributed by atoms with Gasteiger partial charge in [0.25, 0.3) is 5.91 Å². The molecule has 2 unspecified atom stereocenters. The van der Waals surface area contributed by atoms with E-state index in [1.165, 1.54) is 19.3 Å². The Labute approximate surface area is 110 Å². The summed E-state index contributed by atoms with van der Waals surface area (Å²) in [6.45, 7) is 3.05. The molecule has 1 amide bonds. The van der Waals surface area contributed by atoms with Gasteiger partial charge in [-0.1, -0.05) is 19.8 Å². The van der Waals surface area contributed by atoms with Crippen LogP contribution in [0.5, 0.6) is 0 Å². The lowest BCUT2D eigenvalue weighted by molar-refractivity contribution is 0.0944. The van der Waals surface area contributed by atoms with Gasteiger partial charge in [-0.15, -0.1) is 0 Å². The van der Waals surface area contributed by atoms with Gasteiger partial charge in [-0.3, -0.25) is 9.78 Å². The van der Waals surface area contributed by atoms with E-state index in [-0.39, 0.29) is 5.91 Å². The molecule has 0 radical (unpaired) electrons. The molecule has 17 heavy (non-hydrogen) atoms. The SMILES string of the molecule is CC1CCCC1CNC(=O)c1cncc(Br)c1. The van der Waals surface area contributed by atoms with E-state index in [4.69, 9.17) is 0 Å². The zero-order chi connectivity index (χ0) is 12.3. The molecule has 0 saturated heterocycles. The number of halogens is 1. The largest absolute Gasteiger partial charge is 0.352 e. The molecule has 92 valence electrons. The van der Waals surface area contributed by atoms with Crippen LogP contribution in [0.1, 0.15) is 36.5 Å². The van der Waals surface area contributed by atoms with Gasteiger partial charge < -0.3 is 5.32 Å². The third-order valence-electron chi connectivity index (χ3n) is 3.53. The van der Waals surface area contributed by atoms with Crippen molar-refractivity contribution < 1.29 is 4.79 Å². The number of carbonyl (C=O) groups is 1. The highest BCUT2D eigenvalue weighted by atomic mass is 79.9. The van der Waals surface area contributed by atoms with E-state index in [0.29, 0.717) is 11.5 Å². The molecule has 1 saturated carbocycles. The predicted molar refractivity (Wildman–Crippen MR) is 70.8 cm³/mol. The minimum Gasteiger partial charge on any atom is -0.352 e. The molecule has 1 aromatic heterocycles. The highest BCUT2D eigenvalue weighted by Gasteiger charge is 2.23. The average Bonchev–Trinajstić information content (AvgIpc) is 2.72. The van der Waals surface area contributed by atoms with Gasteiger partial charge in [0, 0.05) is 23.4 Å². The monoisotopic (exact) mass is 296 g/mol. The Morgan fingerprint density at radius 1 is 1.53 bits per heavy atom. The maximum atomic E-state index is 11.9. The molecule has 1 aliphatic rings. The smallest absolute Gasteiger partial charge is 0.252 e. The molecule has 4 heteroatoms. The Balaban J connectivity index is 1.89. The third kappa shape index (κ3) is 3.28. The van der Waals surface area contributed by atoms with Crippen LogP contribution in [-0.2, 0) is 0 Å². The zero-order valence-corrected chi connectivity index (χ0v) is 11.5. The molecule has 0 bridgehead atoms. The highest BCUT2D eigenvalue weighted by Crippen LogP contribution is 2.30. The van der Waals surface area contributed by atoms with Crippen molar-refractivity contribution in [1.29, 1.82) is 0 Å². The van der Waals surface area contributed by atoms with Crippen molar-refractivity contribution in [3.63, 3.8) is 0 Å². The van der Waals surface area contributed by atoms with Crippen molar-refractivity contribution in [2.75, 3.05) is 6.54 Å². The summed E-state index contributed by atoms with van der Waals surface area (Å²) in [5, 5.41) is 3.00. The summed E-state index contributed by atoms with van der Waals surface area (Å²) in [6.07, 6.45) is 7.09. The van der Waals surface area contributed by atoms with E-state index in [0.717, 1.165) is 16.9 Å². The van der Waals surface area contributed by atoms with Crippen LogP contribution in [0.3, 0.4) is 0 Å². The van der Waals surface area contributed by atoms with Crippen molar-refractivity contribution in [3.8, 4) is 0 Å². The fourth-order valence-corrected chi connectivity index (χ4v) is 2.75. The van der Waals surface area contributed by atoms with Gasteiger partial charge in [0.2, 0.25) is 0 Å². The van der Waals surface area contributed by atoms with Crippen molar-refractivity contribution in [2.24, 2.45) is 11.8 Å². The topological polar surface area (TPSA) is 42.0 Å². The zero-order valence-electron chi connectivity index (χ0n) is 9.95. The number of nitrogens with one attached hydrogen (secondary N) is 1. The first-order valence-electron chi connectivity index (χ1n) is 6.05. The first-order chi connectivity index (χ1) is 8.16. The standard InChI is InChI=1S/C13H17BrN2O/c1-9-3-2-4-10(9)7-16-13(17)11-5-12(14)8-15-6-11/h5-6,8-10H,2-4,7H2,1H3,(H,16,17). The van der Waals surface area contributed by atoms with E-state index in [1.54, 1.807) is 18.5 Å². The lowest BCUT2D eigenvalue weighted by Gasteiger charge is -2.15. The summed E-state index contributed by atoms with van der Waals surface area (Å²) in [7, 11) is 0. The van der Waals surface area contributed by atoms with E-state index >= 15 is 0 Å². The molecule has 2 atom stereocenters. The van der Waals surface area contributed by atoms with Crippen LogP contribution in [0, 0.1) is 11.8 Å². The molecular formula is C13H17BrN2O. The van der Waals surface area contributed by atoms with Gasteiger partial charge in [-0.05, 0) is 40.3 Å². The van der Waals surface area contributed by atoms with Gasteiger partial charge in [0.05, 0.1) is 5.56 Å².